The molecule has 1 aromatic carbocycles. The lowest BCUT2D eigenvalue weighted by molar-refractivity contribution is -0.144. The molecule has 5 heteroatoms. The van der Waals surface area contributed by atoms with Crippen LogP contribution in [0, 0.1) is 0 Å². The molecule has 5 nitrogen and oxygen atoms in total. The maximum absolute atomic E-state index is 12.7. The van der Waals surface area contributed by atoms with Crippen LogP contribution >= 0.6 is 0 Å². The van der Waals surface area contributed by atoms with Crippen molar-refractivity contribution in [1.29, 1.82) is 0 Å². The number of carbonyl (C=O) groups excluding carboxylic acids is 1. The molecule has 2 aliphatic heterocycles. The number of fused-ring (bicyclic) bond motifs is 1. The Kier molecular flexibility index (Phi) is 5.00. The van der Waals surface area contributed by atoms with Gasteiger partial charge in [-0.05, 0) is 57.3 Å². The van der Waals surface area contributed by atoms with E-state index >= 15 is 0 Å². The van der Waals surface area contributed by atoms with Crippen LogP contribution in [-0.4, -0.2) is 65.6 Å². The lowest BCUT2D eigenvalue weighted by Crippen LogP contribution is -2.51. The summed E-state index contributed by atoms with van der Waals surface area (Å²) in [5.74, 6) is 0.832. The molecule has 0 radical (unpaired) electrons. The van der Waals surface area contributed by atoms with Crippen molar-refractivity contribution in [3.05, 3.63) is 36.0 Å². The van der Waals surface area contributed by atoms with Crippen molar-refractivity contribution >= 4 is 16.8 Å². The summed E-state index contributed by atoms with van der Waals surface area (Å²) in [6, 6.07) is 8.52. The van der Waals surface area contributed by atoms with Crippen molar-refractivity contribution in [3.8, 4) is 0 Å². The van der Waals surface area contributed by atoms with Gasteiger partial charge in [-0.25, -0.2) is 0 Å². The number of nitrogens with zero attached hydrogens (tertiary/aromatic N) is 2. The van der Waals surface area contributed by atoms with Gasteiger partial charge in [-0.2, -0.15) is 0 Å². The summed E-state index contributed by atoms with van der Waals surface area (Å²) < 4.78 is 5.74. The minimum absolute atomic E-state index is 0.135. The van der Waals surface area contributed by atoms with Gasteiger partial charge in [0.25, 0.3) is 0 Å². The maximum Gasteiger partial charge on any atom is 0.236 e. The molecule has 2 aromatic rings. The number of rotatable bonds is 3. The summed E-state index contributed by atoms with van der Waals surface area (Å²) in [5, 5.41) is 1.35. The first-order valence-corrected chi connectivity index (χ1v) is 9.81. The topological polar surface area (TPSA) is 48.6 Å². The summed E-state index contributed by atoms with van der Waals surface area (Å²) in [7, 11) is 0. The van der Waals surface area contributed by atoms with E-state index in [-0.39, 0.29) is 18.1 Å². The number of hydrogen-bond donors (Lipinski definition) is 1. The van der Waals surface area contributed by atoms with E-state index in [9.17, 15) is 4.79 Å². The minimum atomic E-state index is 0.135. The van der Waals surface area contributed by atoms with Crippen LogP contribution in [-0.2, 0) is 9.53 Å². The molecule has 0 spiro atoms. The molecule has 2 unspecified atom stereocenters. The Morgan fingerprint density at radius 3 is 2.58 bits per heavy atom. The number of ether oxygens (including phenoxy) is 1. The van der Waals surface area contributed by atoms with Gasteiger partial charge in [0, 0.05) is 30.2 Å². The molecule has 2 saturated heterocycles. The van der Waals surface area contributed by atoms with Crippen molar-refractivity contribution in [1.82, 2.24) is 14.8 Å². The van der Waals surface area contributed by atoms with E-state index in [0.29, 0.717) is 12.5 Å². The van der Waals surface area contributed by atoms with Gasteiger partial charge in [-0.3, -0.25) is 9.69 Å². The predicted octanol–water partition coefficient (Wildman–Crippen LogP) is 2.98. The molecule has 0 aliphatic carbocycles. The largest absolute Gasteiger partial charge is 0.372 e. The summed E-state index contributed by atoms with van der Waals surface area (Å²) in [6.07, 6.45) is 4.67. The minimum Gasteiger partial charge on any atom is -0.372 e. The Morgan fingerprint density at radius 2 is 1.85 bits per heavy atom. The summed E-state index contributed by atoms with van der Waals surface area (Å²) in [4.78, 5) is 20.4. The van der Waals surface area contributed by atoms with Crippen molar-refractivity contribution < 1.29 is 9.53 Å². The lowest BCUT2D eigenvalue weighted by atomic mass is 9.89. The highest BCUT2D eigenvalue weighted by Crippen LogP contribution is 2.33. The second-order valence-corrected chi connectivity index (χ2v) is 7.90. The number of nitrogens with one attached hydrogen (secondary N) is 1. The molecule has 2 atom stereocenters. The monoisotopic (exact) mass is 355 g/mol. The van der Waals surface area contributed by atoms with Crippen LogP contribution in [0.1, 0.15) is 38.2 Å². The fourth-order valence-electron chi connectivity index (χ4n) is 4.51. The number of amides is 1. The second kappa shape index (κ2) is 7.41. The van der Waals surface area contributed by atoms with Crippen LogP contribution in [0.15, 0.2) is 30.5 Å². The Labute approximate surface area is 155 Å². The van der Waals surface area contributed by atoms with Crippen LogP contribution < -0.4 is 0 Å². The third-order valence-electron chi connectivity index (χ3n) is 5.78. The van der Waals surface area contributed by atoms with Crippen molar-refractivity contribution in [3.63, 3.8) is 0 Å². The molecule has 4 rings (SSSR count). The zero-order valence-electron chi connectivity index (χ0n) is 15.8. The number of H-pyrrole nitrogens is 1. The number of benzene rings is 1. The molecule has 1 aromatic heterocycles. The Morgan fingerprint density at radius 1 is 1.15 bits per heavy atom. The molecular weight excluding hydrogens is 326 g/mol. The van der Waals surface area contributed by atoms with Crippen LogP contribution in [0.2, 0.25) is 0 Å². The van der Waals surface area contributed by atoms with Crippen molar-refractivity contribution in [2.24, 2.45) is 0 Å². The average molecular weight is 355 g/mol. The number of morpholine rings is 1. The van der Waals surface area contributed by atoms with Crippen LogP contribution in [0.25, 0.3) is 10.9 Å². The molecule has 1 N–H and O–H groups in total. The van der Waals surface area contributed by atoms with Gasteiger partial charge in [-0.1, -0.05) is 18.2 Å². The number of aromatic amines is 1. The highest BCUT2D eigenvalue weighted by molar-refractivity contribution is 5.83. The van der Waals surface area contributed by atoms with Crippen molar-refractivity contribution in [2.45, 2.75) is 44.8 Å². The standard InChI is InChI=1S/C21H29N3O2/c1-15-12-24(13-16(2)26-15)21(25)14-23-9-7-17(8-10-23)19-11-22-20-6-4-3-5-18(19)20/h3-6,11,15-17,22H,7-10,12-14H2,1-2H3. The van der Waals surface area contributed by atoms with E-state index in [4.69, 9.17) is 4.74 Å². The van der Waals surface area contributed by atoms with Gasteiger partial charge in [0.15, 0.2) is 0 Å². The van der Waals surface area contributed by atoms with Gasteiger partial charge >= 0.3 is 0 Å². The highest BCUT2D eigenvalue weighted by Gasteiger charge is 2.29. The van der Waals surface area contributed by atoms with Gasteiger partial charge in [-0.15, -0.1) is 0 Å². The molecule has 0 saturated carbocycles. The van der Waals surface area contributed by atoms with Gasteiger partial charge in [0.1, 0.15) is 0 Å². The molecule has 1 amide bonds. The first-order chi connectivity index (χ1) is 12.6. The van der Waals surface area contributed by atoms with E-state index in [2.05, 4.69) is 40.3 Å². The Balaban J connectivity index is 1.33. The van der Waals surface area contributed by atoms with E-state index in [1.807, 2.05) is 18.7 Å². The highest BCUT2D eigenvalue weighted by atomic mass is 16.5. The average Bonchev–Trinajstić information content (AvgIpc) is 3.06. The quantitative estimate of drug-likeness (QED) is 0.921. The number of carbonyl (C=O) groups is 1. The molecule has 140 valence electrons. The molecule has 0 bridgehead atoms. The zero-order chi connectivity index (χ0) is 18.1. The Bertz CT molecular complexity index is 753. The van der Waals surface area contributed by atoms with Crippen molar-refractivity contribution in [2.75, 3.05) is 32.7 Å². The fourth-order valence-corrected chi connectivity index (χ4v) is 4.51. The predicted molar refractivity (Wildman–Crippen MR) is 103 cm³/mol. The molecular formula is C21H29N3O2. The fraction of sp³-hybridized carbons (Fsp3) is 0.571. The first kappa shape index (κ1) is 17.6. The number of aromatic nitrogens is 1. The van der Waals surface area contributed by atoms with Gasteiger partial charge in [0.2, 0.25) is 5.91 Å². The SMILES string of the molecule is CC1CN(C(=O)CN2CCC(c3c[nH]c4ccccc34)CC2)CC(C)O1. The summed E-state index contributed by atoms with van der Waals surface area (Å²) >= 11 is 0. The van der Waals surface area contributed by atoms with E-state index in [1.165, 1.54) is 16.5 Å². The number of piperidine rings is 1. The van der Waals surface area contributed by atoms with Gasteiger partial charge in [0.05, 0.1) is 18.8 Å². The molecule has 26 heavy (non-hydrogen) atoms. The second-order valence-electron chi connectivity index (χ2n) is 7.90. The normalized spacial score (nSPS) is 25.7. The smallest absolute Gasteiger partial charge is 0.236 e. The number of likely N-dealkylation sites (tertiary alicyclic amines) is 1. The van der Waals surface area contributed by atoms with Crippen LogP contribution in [0.5, 0.6) is 0 Å². The maximum atomic E-state index is 12.7. The lowest BCUT2D eigenvalue weighted by Gasteiger charge is -2.37. The van der Waals surface area contributed by atoms with Crippen LogP contribution in [0.3, 0.4) is 0 Å². The molecule has 2 fully saturated rings. The number of para-hydroxylation sites is 1. The van der Waals surface area contributed by atoms with E-state index in [0.717, 1.165) is 39.0 Å². The first-order valence-electron chi connectivity index (χ1n) is 9.81. The summed E-state index contributed by atoms with van der Waals surface area (Å²) in [6.45, 7) is 8.05. The third-order valence-corrected chi connectivity index (χ3v) is 5.78. The van der Waals surface area contributed by atoms with Gasteiger partial charge < -0.3 is 14.6 Å². The molecule has 3 heterocycles. The summed E-state index contributed by atoms with van der Waals surface area (Å²) in [5.41, 5.74) is 2.65. The Hall–Kier alpha value is -1.85. The number of hydrogen-bond acceptors (Lipinski definition) is 3. The van der Waals surface area contributed by atoms with E-state index in [1.54, 1.807) is 0 Å². The van der Waals surface area contributed by atoms with Crippen LogP contribution in [0.4, 0.5) is 0 Å². The zero-order valence-corrected chi connectivity index (χ0v) is 15.8. The third kappa shape index (κ3) is 3.64. The van der Waals surface area contributed by atoms with E-state index < -0.39 is 0 Å². The molecule has 2 aliphatic rings.